The number of carbonyl (C=O) groups is 1. The summed E-state index contributed by atoms with van der Waals surface area (Å²) in [7, 11) is 0. The first kappa shape index (κ1) is 13.6. The van der Waals surface area contributed by atoms with E-state index in [1.807, 2.05) is 48.7 Å². The van der Waals surface area contributed by atoms with E-state index < -0.39 is 0 Å². The molecule has 0 aliphatic heterocycles. The van der Waals surface area contributed by atoms with Crippen LogP contribution in [0.1, 0.15) is 17.9 Å². The smallest absolute Gasteiger partial charge is 0.228 e. The Morgan fingerprint density at radius 1 is 1.18 bits per heavy atom. The van der Waals surface area contributed by atoms with Crippen LogP contribution in [0.3, 0.4) is 0 Å². The van der Waals surface area contributed by atoms with Crippen LogP contribution in [0.15, 0.2) is 59.2 Å². The summed E-state index contributed by atoms with van der Waals surface area (Å²) >= 11 is 3.57. The maximum atomic E-state index is 12.4. The summed E-state index contributed by atoms with van der Waals surface area (Å²) in [6.45, 7) is 0. The Kier molecular flexibility index (Phi) is 3.26. The maximum Gasteiger partial charge on any atom is 0.228 e. The average molecular weight is 355 g/mol. The number of benzene rings is 2. The Bertz CT molecular complexity index is 855. The molecule has 2 N–H and O–H groups in total. The molecule has 1 aliphatic rings. The topological polar surface area (TPSA) is 44.9 Å². The number of aromatic amines is 1. The lowest BCUT2D eigenvalue weighted by Gasteiger charge is -2.06. The molecule has 0 spiro atoms. The minimum Gasteiger partial charge on any atom is -0.361 e. The number of H-pyrrole nitrogens is 1. The lowest BCUT2D eigenvalue weighted by molar-refractivity contribution is -0.117. The quantitative estimate of drug-likeness (QED) is 0.704. The number of anilines is 1. The number of halogens is 1. The molecule has 1 aliphatic carbocycles. The van der Waals surface area contributed by atoms with Gasteiger partial charge in [-0.05, 0) is 48.2 Å². The van der Waals surface area contributed by atoms with Crippen molar-refractivity contribution < 1.29 is 4.79 Å². The second kappa shape index (κ2) is 5.29. The molecule has 2 aromatic carbocycles. The van der Waals surface area contributed by atoms with Crippen LogP contribution in [0.2, 0.25) is 0 Å². The summed E-state index contributed by atoms with van der Waals surface area (Å²) in [5.74, 6) is 0.503. The Hall–Kier alpha value is -2.07. The molecule has 3 aromatic rings. The fourth-order valence-corrected chi connectivity index (χ4v) is 3.55. The third-order valence-electron chi connectivity index (χ3n) is 4.25. The molecule has 1 heterocycles. The molecular weight excluding hydrogens is 340 g/mol. The van der Waals surface area contributed by atoms with E-state index in [0.717, 1.165) is 27.5 Å². The van der Waals surface area contributed by atoms with Gasteiger partial charge in [0, 0.05) is 33.2 Å². The normalized spacial score (nSPS) is 20.0. The number of hydrogen-bond acceptors (Lipinski definition) is 1. The third kappa shape index (κ3) is 2.44. The summed E-state index contributed by atoms with van der Waals surface area (Å²) in [5, 5.41) is 4.14. The van der Waals surface area contributed by atoms with Gasteiger partial charge in [-0.1, -0.05) is 34.1 Å². The molecule has 0 radical (unpaired) electrons. The molecule has 2 atom stereocenters. The van der Waals surface area contributed by atoms with E-state index >= 15 is 0 Å². The van der Waals surface area contributed by atoms with E-state index in [0.29, 0.717) is 5.92 Å². The van der Waals surface area contributed by atoms with Crippen molar-refractivity contribution in [2.45, 2.75) is 12.3 Å². The predicted molar refractivity (Wildman–Crippen MR) is 91.9 cm³/mol. The number of nitrogens with one attached hydrogen (secondary N) is 2. The van der Waals surface area contributed by atoms with Gasteiger partial charge in [0.05, 0.1) is 0 Å². The van der Waals surface area contributed by atoms with Crippen LogP contribution >= 0.6 is 15.9 Å². The van der Waals surface area contributed by atoms with Gasteiger partial charge in [-0.2, -0.15) is 0 Å². The van der Waals surface area contributed by atoms with E-state index in [1.165, 1.54) is 5.56 Å². The van der Waals surface area contributed by atoms with Crippen molar-refractivity contribution in [2.24, 2.45) is 5.92 Å². The predicted octanol–water partition coefficient (Wildman–Crippen LogP) is 4.67. The highest BCUT2D eigenvalue weighted by atomic mass is 79.9. The molecule has 0 saturated heterocycles. The van der Waals surface area contributed by atoms with Crippen LogP contribution < -0.4 is 5.32 Å². The molecule has 1 saturated carbocycles. The summed E-state index contributed by atoms with van der Waals surface area (Å²) in [5.41, 5.74) is 3.16. The lowest BCUT2D eigenvalue weighted by Crippen LogP contribution is -2.14. The van der Waals surface area contributed by atoms with E-state index in [9.17, 15) is 4.79 Å². The summed E-state index contributed by atoms with van der Waals surface area (Å²) in [4.78, 5) is 15.6. The molecule has 1 amide bonds. The maximum absolute atomic E-state index is 12.4. The molecule has 4 rings (SSSR count). The first-order valence-corrected chi connectivity index (χ1v) is 8.14. The zero-order valence-electron chi connectivity index (χ0n) is 11.8. The first-order chi connectivity index (χ1) is 10.7. The standard InChI is InChI=1S/C18H15BrN2O/c19-16-4-2-1-3-13(16)14-10-15(14)18(22)21-12-5-6-17-11(9-12)7-8-20-17/h1-9,14-15,20H,10H2,(H,21,22). The molecule has 1 fully saturated rings. The number of carbonyl (C=O) groups excluding carboxylic acids is 1. The number of amides is 1. The Morgan fingerprint density at radius 3 is 2.91 bits per heavy atom. The van der Waals surface area contributed by atoms with Crippen molar-refractivity contribution in [2.75, 3.05) is 5.32 Å². The van der Waals surface area contributed by atoms with Crippen molar-refractivity contribution in [3.8, 4) is 0 Å². The second-order valence-electron chi connectivity index (χ2n) is 5.74. The van der Waals surface area contributed by atoms with Crippen molar-refractivity contribution in [1.82, 2.24) is 4.98 Å². The van der Waals surface area contributed by atoms with Gasteiger partial charge >= 0.3 is 0 Å². The van der Waals surface area contributed by atoms with Crippen LogP contribution in [0.5, 0.6) is 0 Å². The zero-order valence-corrected chi connectivity index (χ0v) is 13.4. The Morgan fingerprint density at radius 2 is 2.05 bits per heavy atom. The number of hydrogen-bond donors (Lipinski definition) is 2. The lowest BCUT2D eigenvalue weighted by atomic mass is 10.1. The average Bonchev–Trinajstić information content (AvgIpc) is 3.18. The SMILES string of the molecule is O=C(Nc1ccc2[nH]ccc2c1)C1CC1c1ccccc1Br. The molecule has 0 bridgehead atoms. The summed E-state index contributed by atoms with van der Waals surface area (Å²) in [6, 6.07) is 16.1. The number of aromatic nitrogens is 1. The molecule has 3 nitrogen and oxygen atoms in total. The monoisotopic (exact) mass is 354 g/mol. The fourth-order valence-electron chi connectivity index (χ4n) is 2.97. The molecule has 4 heteroatoms. The largest absolute Gasteiger partial charge is 0.361 e. The first-order valence-electron chi connectivity index (χ1n) is 7.35. The van der Waals surface area contributed by atoms with E-state index in [-0.39, 0.29) is 11.8 Å². The van der Waals surface area contributed by atoms with Gasteiger partial charge in [-0.3, -0.25) is 4.79 Å². The van der Waals surface area contributed by atoms with Crippen molar-refractivity contribution >= 4 is 38.4 Å². The van der Waals surface area contributed by atoms with Gasteiger partial charge in [0.15, 0.2) is 0 Å². The minimum absolute atomic E-state index is 0.0700. The van der Waals surface area contributed by atoms with Crippen LogP contribution in [0.25, 0.3) is 10.9 Å². The fraction of sp³-hybridized carbons (Fsp3) is 0.167. The highest BCUT2D eigenvalue weighted by Crippen LogP contribution is 2.50. The van der Waals surface area contributed by atoms with Gasteiger partial charge in [0.1, 0.15) is 0 Å². The van der Waals surface area contributed by atoms with Gasteiger partial charge in [-0.15, -0.1) is 0 Å². The van der Waals surface area contributed by atoms with Crippen LogP contribution in [0.4, 0.5) is 5.69 Å². The Balaban J connectivity index is 1.48. The van der Waals surface area contributed by atoms with Gasteiger partial charge in [0.25, 0.3) is 0 Å². The molecule has 110 valence electrons. The van der Waals surface area contributed by atoms with E-state index in [4.69, 9.17) is 0 Å². The van der Waals surface area contributed by atoms with E-state index in [1.54, 1.807) is 0 Å². The van der Waals surface area contributed by atoms with Gasteiger partial charge in [-0.25, -0.2) is 0 Å². The van der Waals surface area contributed by atoms with Crippen molar-refractivity contribution in [3.05, 3.63) is 64.8 Å². The highest BCUT2D eigenvalue weighted by molar-refractivity contribution is 9.10. The number of fused-ring (bicyclic) bond motifs is 1. The summed E-state index contributed by atoms with van der Waals surface area (Å²) < 4.78 is 1.09. The van der Waals surface area contributed by atoms with Crippen LogP contribution in [-0.2, 0) is 4.79 Å². The number of rotatable bonds is 3. The van der Waals surface area contributed by atoms with Crippen LogP contribution in [-0.4, -0.2) is 10.9 Å². The Labute approximate surface area is 136 Å². The van der Waals surface area contributed by atoms with Crippen molar-refractivity contribution in [3.63, 3.8) is 0 Å². The minimum atomic E-state index is 0.0700. The van der Waals surface area contributed by atoms with Gasteiger partial charge in [0.2, 0.25) is 5.91 Å². The second-order valence-corrected chi connectivity index (χ2v) is 6.59. The van der Waals surface area contributed by atoms with E-state index in [2.05, 4.69) is 32.3 Å². The molecule has 1 aromatic heterocycles. The summed E-state index contributed by atoms with van der Waals surface area (Å²) in [6.07, 6.45) is 2.82. The zero-order chi connectivity index (χ0) is 15.1. The van der Waals surface area contributed by atoms with Gasteiger partial charge < -0.3 is 10.3 Å². The third-order valence-corrected chi connectivity index (χ3v) is 4.97. The molecule has 22 heavy (non-hydrogen) atoms. The van der Waals surface area contributed by atoms with Crippen molar-refractivity contribution in [1.29, 1.82) is 0 Å². The van der Waals surface area contributed by atoms with Crippen LogP contribution in [0, 0.1) is 5.92 Å². The molecular formula is C18H15BrN2O. The highest BCUT2D eigenvalue weighted by Gasteiger charge is 2.44. The molecule has 2 unspecified atom stereocenters.